The minimum atomic E-state index is -3.57. The molecule has 1 aliphatic heterocycles. The topological polar surface area (TPSA) is 63.4 Å². The van der Waals surface area contributed by atoms with Crippen LogP contribution in [0.25, 0.3) is 0 Å². The second-order valence-electron chi connectivity index (χ2n) is 5.79. The minimum absolute atomic E-state index is 0.378. The molecule has 1 heterocycles. The first-order valence-electron chi connectivity index (χ1n) is 7.38. The van der Waals surface area contributed by atoms with E-state index in [1.807, 2.05) is 44.2 Å². The summed E-state index contributed by atoms with van der Waals surface area (Å²) in [6.07, 6.45) is 1.60. The van der Waals surface area contributed by atoms with Crippen LogP contribution < -0.4 is 10.0 Å². The van der Waals surface area contributed by atoms with Crippen LogP contribution in [0.4, 0.5) is 11.4 Å². The predicted molar refractivity (Wildman–Crippen MR) is 89.6 cm³/mol. The fourth-order valence-corrected chi connectivity index (χ4v) is 4.82. The lowest BCUT2D eigenvalue weighted by atomic mass is 10.0. The molecule has 0 bridgehead atoms. The summed E-state index contributed by atoms with van der Waals surface area (Å²) in [5.74, 6) is 0. The van der Waals surface area contributed by atoms with E-state index >= 15 is 0 Å². The van der Waals surface area contributed by atoms with Gasteiger partial charge in [-0.3, -0.25) is 4.31 Å². The maximum Gasteiger partial charge on any atom is 0.264 e. The van der Waals surface area contributed by atoms with E-state index < -0.39 is 10.0 Å². The van der Waals surface area contributed by atoms with Gasteiger partial charge in [0.25, 0.3) is 10.0 Å². The van der Waals surface area contributed by atoms with Crippen molar-refractivity contribution in [2.24, 2.45) is 0 Å². The van der Waals surface area contributed by atoms with Crippen LogP contribution in [-0.4, -0.2) is 15.0 Å². The largest absolute Gasteiger partial charge is 0.398 e. The van der Waals surface area contributed by atoms with Gasteiger partial charge in [0.05, 0.1) is 10.6 Å². The molecule has 0 aromatic heterocycles. The zero-order valence-electron chi connectivity index (χ0n) is 12.8. The van der Waals surface area contributed by atoms with Gasteiger partial charge in [-0.1, -0.05) is 18.2 Å². The third-order valence-corrected chi connectivity index (χ3v) is 6.11. The molecule has 116 valence electrons. The number of benzene rings is 2. The Labute approximate surface area is 131 Å². The van der Waals surface area contributed by atoms with E-state index in [1.54, 1.807) is 6.07 Å². The lowest BCUT2D eigenvalue weighted by molar-refractivity contribution is 0.586. The quantitative estimate of drug-likeness (QED) is 0.866. The monoisotopic (exact) mass is 316 g/mol. The summed E-state index contributed by atoms with van der Waals surface area (Å²) < 4.78 is 27.7. The van der Waals surface area contributed by atoms with Crippen LogP contribution in [0, 0.1) is 13.8 Å². The summed E-state index contributed by atoms with van der Waals surface area (Å²) in [5.41, 5.74) is 10.0. The van der Waals surface area contributed by atoms with Gasteiger partial charge in [-0.15, -0.1) is 0 Å². The molecule has 4 nitrogen and oxygen atoms in total. The van der Waals surface area contributed by atoms with Crippen molar-refractivity contribution in [2.45, 2.75) is 31.6 Å². The number of sulfonamides is 1. The number of nitrogens with two attached hydrogens (primary N) is 1. The molecule has 22 heavy (non-hydrogen) atoms. The van der Waals surface area contributed by atoms with Gasteiger partial charge in [-0.2, -0.15) is 0 Å². The molecule has 0 aliphatic carbocycles. The first-order chi connectivity index (χ1) is 10.4. The van der Waals surface area contributed by atoms with Crippen LogP contribution in [0.2, 0.25) is 0 Å². The molecule has 2 aromatic carbocycles. The van der Waals surface area contributed by atoms with Crippen LogP contribution in [0.3, 0.4) is 0 Å². The van der Waals surface area contributed by atoms with Crippen LogP contribution in [0.5, 0.6) is 0 Å². The van der Waals surface area contributed by atoms with E-state index in [1.165, 1.54) is 4.31 Å². The first-order valence-corrected chi connectivity index (χ1v) is 8.82. The standard InChI is InChI=1S/C17H20N2O2S/c1-12-8-9-13(2)17(11-12)22(20,21)19-10-4-5-14-15(18)6-3-7-16(14)19/h3,6-9,11H,4-5,10,18H2,1-2H3. The average molecular weight is 316 g/mol. The number of aryl methyl sites for hydroxylation is 2. The molecule has 0 fully saturated rings. The number of nitrogen functional groups attached to an aromatic ring is 1. The summed E-state index contributed by atoms with van der Waals surface area (Å²) in [4.78, 5) is 0.378. The Bertz CT molecular complexity index is 829. The molecule has 2 N–H and O–H groups in total. The Hall–Kier alpha value is -2.01. The molecule has 0 saturated heterocycles. The predicted octanol–water partition coefficient (Wildman–Crippen LogP) is 3.03. The summed E-state index contributed by atoms with van der Waals surface area (Å²) in [6.45, 7) is 4.23. The third kappa shape index (κ3) is 2.35. The van der Waals surface area contributed by atoms with E-state index in [2.05, 4.69) is 0 Å². The van der Waals surface area contributed by atoms with Crippen molar-refractivity contribution in [2.75, 3.05) is 16.6 Å². The molecule has 0 spiro atoms. The van der Waals surface area contributed by atoms with Gasteiger partial charge in [0, 0.05) is 12.2 Å². The van der Waals surface area contributed by atoms with Gasteiger partial charge in [-0.25, -0.2) is 8.42 Å². The van der Waals surface area contributed by atoms with Crippen molar-refractivity contribution < 1.29 is 8.42 Å². The van der Waals surface area contributed by atoms with Crippen molar-refractivity contribution in [3.63, 3.8) is 0 Å². The minimum Gasteiger partial charge on any atom is -0.398 e. The van der Waals surface area contributed by atoms with Crippen LogP contribution in [-0.2, 0) is 16.4 Å². The summed E-state index contributed by atoms with van der Waals surface area (Å²) in [7, 11) is -3.57. The Balaban J connectivity index is 2.16. The van der Waals surface area contributed by atoms with E-state index in [-0.39, 0.29) is 0 Å². The second kappa shape index (κ2) is 5.32. The Morgan fingerprint density at radius 3 is 2.68 bits per heavy atom. The highest BCUT2D eigenvalue weighted by Gasteiger charge is 2.30. The van der Waals surface area contributed by atoms with Gasteiger partial charge in [0.15, 0.2) is 0 Å². The van der Waals surface area contributed by atoms with E-state index in [9.17, 15) is 8.42 Å². The molecular weight excluding hydrogens is 296 g/mol. The highest BCUT2D eigenvalue weighted by molar-refractivity contribution is 7.92. The van der Waals surface area contributed by atoms with Crippen molar-refractivity contribution in [3.8, 4) is 0 Å². The van der Waals surface area contributed by atoms with Crippen molar-refractivity contribution in [1.82, 2.24) is 0 Å². The molecule has 1 aliphatic rings. The fourth-order valence-electron chi connectivity index (χ4n) is 2.97. The van der Waals surface area contributed by atoms with Crippen molar-refractivity contribution >= 4 is 21.4 Å². The van der Waals surface area contributed by atoms with Gasteiger partial charge < -0.3 is 5.73 Å². The van der Waals surface area contributed by atoms with Gasteiger partial charge in [-0.05, 0) is 61.6 Å². The number of hydrogen-bond acceptors (Lipinski definition) is 3. The number of rotatable bonds is 2. The summed E-state index contributed by atoms with van der Waals surface area (Å²) in [6, 6.07) is 11.0. The molecule has 0 radical (unpaired) electrons. The van der Waals surface area contributed by atoms with Crippen LogP contribution in [0.15, 0.2) is 41.3 Å². The highest BCUT2D eigenvalue weighted by Crippen LogP contribution is 2.35. The Morgan fingerprint density at radius 2 is 1.91 bits per heavy atom. The maximum atomic E-state index is 13.1. The average Bonchev–Trinajstić information content (AvgIpc) is 2.49. The molecular formula is C17H20N2O2S. The van der Waals surface area contributed by atoms with Crippen LogP contribution >= 0.6 is 0 Å². The number of fused-ring (bicyclic) bond motifs is 1. The number of anilines is 2. The van der Waals surface area contributed by atoms with Gasteiger partial charge >= 0.3 is 0 Å². The molecule has 3 rings (SSSR count). The van der Waals surface area contributed by atoms with E-state index in [0.29, 0.717) is 22.8 Å². The molecule has 0 atom stereocenters. The van der Waals surface area contributed by atoms with Crippen molar-refractivity contribution in [1.29, 1.82) is 0 Å². The van der Waals surface area contributed by atoms with Gasteiger partial charge in [0.1, 0.15) is 0 Å². The van der Waals surface area contributed by atoms with E-state index in [0.717, 1.165) is 29.5 Å². The number of hydrogen-bond donors (Lipinski definition) is 1. The molecule has 5 heteroatoms. The Kier molecular flexibility index (Phi) is 3.60. The summed E-state index contributed by atoms with van der Waals surface area (Å²) in [5, 5.41) is 0. The second-order valence-corrected chi connectivity index (χ2v) is 7.63. The van der Waals surface area contributed by atoms with Gasteiger partial charge in [0.2, 0.25) is 0 Å². The highest BCUT2D eigenvalue weighted by atomic mass is 32.2. The lowest BCUT2D eigenvalue weighted by Crippen LogP contribution is -2.36. The molecule has 2 aromatic rings. The zero-order valence-corrected chi connectivity index (χ0v) is 13.7. The molecule has 0 saturated carbocycles. The molecule has 0 unspecified atom stereocenters. The van der Waals surface area contributed by atoms with Crippen LogP contribution in [0.1, 0.15) is 23.1 Å². The van der Waals surface area contributed by atoms with E-state index in [4.69, 9.17) is 5.73 Å². The summed E-state index contributed by atoms with van der Waals surface area (Å²) >= 11 is 0. The third-order valence-electron chi connectivity index (χ3n) is 4.16. The smallest absolute Gasteiger partial charge is 0.264 e. The fraction of sp³-hybridized carbons (Fsp3) is 0.294. The Morgan fingerprint density at radius 1 is 1.14 bits per heavy atom. The van der Waals surface area contributed by atoms with Crippen molar-refractivity contribution in [3.05, 3.63) is 53.1 Å². The SMILES string of the molecule is Cc1ccc(C)c(S(=O)(=O)N2CCCc3c(N)cccc32)c1. The normalized spacial score (nSPS) is 14.7. The molecule has 0 amide bonds. The lowest BCUT2D eigenvalue weighted by Gasteiger charge is -2.31. The maximum absolute atomic E-state index is 13.1. The number of nitrogens with zero attached hydrogens (tertiary/aromatic N) is 1. The first kappa shape index (κ1) is 14.9. The zero-order chi connectivity index (χ0) is 15.9.